The molecule has 0 saturated carbocycles. The van der Waals surface area contributed by atoms with Crippen molar-refractivity contribution in [2.75, 3.05) is 47.9 Å². The maximum absolute atomic E-state index is 12.7. The highest BCUT2D eigenvalue weighted by Crippen LogP contribution is 2.30. The molecule has 0 radical (unpaired) electrons. The predicted octanol–water partition coefficient (Wildman–Crippen LogP) is 2.39. The van der Waals surface area contributed by atoms with Crippen LogP contribution in [0.25, 0.3) is 0 Å². The van der Waals surface area contributed by atoms with E-state index in [2.05, 4.69) is 22.1 Å². The van der Waals surface area contributed by atoms with Crippen molar-refractivity contribution < 1.29 is 13.2 Å². The molecule has 1 saturated heterocycles. The molecule has 1 fully saturated rings. The van der Waals surface area contributed by atoms with Gasteiger partial charge in [-0.15, -0.1) is 0 Å². The van der Waals surface area contributed by atoms with E-state index in [1.807, 2.05) is 18.2 Å². The molecule has 2 aliphatic heterocycles. The summed E-state index contributed by atoms with van der Waals surface area (Å²) < 4.78 is 27.0. The quantitative estimate of drug-likeness (QED) is 0.776. The van der Waals surface area contributed by atoms with Gasteiger partial charge in [0.15, 0.2) is 0 Å². The van der Waals surface area contributed by atoms with Gasteiger partial charge in [0, 0.05) is 55.3 Å². The van der Waals surface area contributed by atoms with E-state index >= 15 is 0 Å². The molecule has 7 nitrogen and oxygen atoms in total. The fraction of sp³-hybridized carbons (Fsp3) is 0.421. The number of nitrogens with zero attached hydrogens (tertiary/aromatic N) is 2. The molecule has 4 rings (SSSR count). The molecule has 3 heterocycles. The number of aromatic nitrogens is 1. The van der Waals surface area contributed by atoms with E-state index in [0.29, 0.717) is 18.8 Å². The number of anilines is 2. The van der Waals surface area contributed by atoms with E-state index in [1.54, 1.807) is 11.8 Å². The van der Waals surface area contributed by atoms with Crippen LogP contribution in [0.1, 0.15) is 23.0 Å². The first-order valence-corrected chi connectivity index (χ1v) is 12.0. The monoisotopic (exact) mass is 420 g/mol. The van der Waals surface area contributed by atoms with Crippen LogP contribution in [0.4, 0.5) is 11.4 Å². The average molecular weight is 421 g/mol. The van der Waals surface area contributed by atoms with E-state index < -0.39 is 10.0 Å². The first-order chi connectivity index (χ1) is 13.5. The van der Waals surface area contributed by atoms with Crippen LogP contribution in [0.15, 0.2) is 35.4 Å². The average Bonchev–Trinajstić information content (AvgIpc) is 3.36. The normalized spacial score (nSPS) is 17.5. The van der Waals surface area contributed by atoms with E-state index in [9.17, 15) is 13.2 Å². The molecule has 1 aromatic carbocycles. The Morgan fingerprint density at radius 1 is 1.21 bits per heavy atom. The summed E-state index contributed by atoms with van der Waals surface area (Å²) in [6, 6.07) is 7.33. The van der Waals surface area contributed by atoms with Crippen molar-refractivity contribution in [2.45, 2.75) is 18.2 Å². The number of H-pyrrole nitrogens is 1. The van der Waals surface area contributed by atoms with Crippen molar-refractivity contribution in [3.05, 3.63) is 41.7 Å². The van der Waals surface area contributed by atoms with Gasteiger partial charge in [-0.05, 0) is 37.1 Å². The van der Waals surface area contributed by atoms with Crippen LogP contribution in [-0.4, -0.2) is 61.3 Å². The molecule has 1 amide bonds. The van der Waals surface area contributed by atoms with Crippen LogP contribution in [0.3, 0.4) is 0 Å². The van der Waals surface area contributed by atoms with Gasteiger partial charge in [0.2, 0.25) is 10.0 Å². The number of hydrogen-bond acceptors (Lipinski definition) is 5. The molecule has 150 valence electrons. The summed E-state index contributed by atoms with van der Waals surface area (Å²) >= 11 is 1.75. The molecule has 0 spiro atoms. The van der Waals surface area contributed by atoms with Crippen molar-refractivity contribution in [2.24, 2.45) is 0 Å². The summed E-state index contributed by atoms with van der Waals surface area (Å²) in [6.45, 7) is 5.04. The molecule has 2 aliphatic rings. The maximum atomic E-state index is 12.7. The van der Waals surface area contributed by atoms with Crippen molar-refractivity contribution in [1.82, 2.24) is 9.29 Å². The number of carbonyl (C=O) groups is 1. The number of carbonyl (C=O) groups excluding carboxylic acids is 1. The Bertz CT molecular complexity index is 981. The summed E-state index contributed by atoms with van der Waals surface area (Å²) in [5.41, 5.74) is 3.37. The van der Waals surface area contributed by atoms with Gasteiger partial charge < -0.3 is 15.2 Å². The van der Waals surface area contributed by atoms with Crippen LogP contribution >= 0.6 is 11.8 Å². The number of hydrogen-bond donors (Lipinski definition) is 2. The van der Waals surface area contributed by atoms with Crippen molar-refractivity contribution in [3.63, 3.8) is 0 Å². The Kier molecular flexibility index (Phi) is 5.39. The second-order valence-corrected chi connectivity index (χ2v) is 10.1. The Hall–Kier alpha value is -1.97. The summed E-state index contributed by atoms with van der Waals surface area (Å²) in [6.07, 6.45) is 2.41. The second kappa shape index (κ2) is 7.81. The van der Waals surface area contributed by atoms with Gasteiger partial charge in [-0.25, -0.2) is 8.42 Å². The third-order valence-electron chi connectivity index (χ3n) is 5.23. The lowest BCUT2D eigenvalue weighted by atomic mass is 10.1. The number of amides is 1. The van der Waals surface area contributed by atoms with Crippen LogP contribution < -0.4 is 10.2 Å². The third-order valence-corrected chi connectivity index (χ3v) is 8.04. The minimum absolute atomic E-state index is 0.135. The lowest BCUT2D eigenvalue weighted by Crippen LogP contribution is -2.37. The van der Waals surface area contributed by atoms with Crippen molar-refractivity contribution in [3.8, 4) is 0 Å². The number of fused-ring (bicyclic) bond motifs is 1. The summed E-state index contributed by atoms with van der Waals surface area (Å²) in [7, 11) is -3.56. The fourth-order valence-electron chi connectivity index (χ4n) is 3.64. The zero-order chi connectivity index (χ0) is 19.7. The first-order valence-electron chi connectivity index (χ1n) is 9.44. The predicted molar refractivity (Wildman–Crippen MR) is 113 cm³/mol. The first kappa shape index (κ1) is 19.4. The Labute approximate surface area is 169 Å². The molecule has 0 bridgehead atoms. The van der Waals surface area contributed by atoms with Crippen LogP contribution in [0, 0.1) is 0 Å². The Balaban J connectivity index is 1.49. The van der Waals surface area contributed by atoms with Gasteiger partial charge in [-0.3, -0.25) is 4.79 Å². The smallest absolute Gasteiger partial charge is 0.272 e. The van der Waals surface area contributed by atoms with E-state index in [-0.39, 0.29) is 16.5 Å². The molecule has 2 aromatic rings. The van der Waals surface area contributed by atoms with E-state index in [1.165, 1.54) is 22.1 Å². The van der Waals surface area contributed by atoms with Gasteiger partial charge in [0.25, 0.3) is 5.91 Å². The van der Waals surface area contributed by atoms with Crippen LogP contribution in [0.5, 0.6) is 0 Å². The molecule has 9 heteroatoms. The summed E-state index contributed by atoms with van der Waals surface area (Å²) in [4.78, 5) is 17.8. The highest BCUT2D eigenvalue weighted by atomic mass is 32.2. The molecule has 1 aromatic heterocycles. The molecular weight excluding hydrogens is 396 g/mol. The minimum Gasteiger partial charge on any atom is -0.371 e. The number of thioether (sulfide) groups is 1. The minimum atomic E-state index is -3.56. The van der Waals surface area contributed by atoms with Gasteiger partial charge in [-0.2, -0.15) is 16.1 Å². The lowest BCUT2D eigenvalue weighted by molar-refractivity contribution is 0.102. The fourth-order valence-corrected chi connectivity index (χ4v) is 6.21. The second-order valence-electron chi connectivity index (χ2n) is 6.89. The zero-order valence-electron chi connectivity index (χ0n) is 15.8. The van der Waals surface area contributed by atoms with Gasteiger partial charge in [0.1, 0.15) is 10.6 Å². The van der Waals surface area contributed by atoms with Crippen LogP contribution in [0.2, 0.25) is 0 Å². The number of sulfonamides is 1. The Morgan fingerprint density at radius 2 is 2.00 bits per heavy atom. The number of rotatable bonds is 5. The maximum Gasteiger partial charge on any atom is 0.272 e. The lowest BCUT2D eigenvalue weighted by Gasteiger charge is -2.24. The van der Waals surface area contributed by atoms with Crippen molar-refractivity contribution >= 4 is 39.1 Å². The van der Waals surface area contributed by atoms with E-state index in [4.69, 9.17) is 0 Å². The summed E-state index contributed by atoms with van der Waals surface area (Å²) in [5, 5.41) is 2.87. The van der Waals surface area contributed by atoms with Crippen LogP contribution in [-0.2, 0) is 16.4 Å². The largest absolute Gasteiger partial charge is 0.371 e. The number of benzene rings is 1. The Morgan fingerprint density at radius 3 is 2.75 bits per heavy atom. The standard InChI is InChI=1S/C19H24N4O3S2/c1-2-22-6-5-14-3-4-15(11-18(14)22)21-19(24)17-12-16(13-20-17)28(25,26)23-7-9-27-10-8-23/h3-4,11-13,20H,2,5-10H2,1H3,(H,21,24). The SMILES string of the molecule is CCN1CCc2ccc(NC(=O)c3cc(S(=O)(=O)N4CCSCC4)c[nH]3)cc21. The highest BCUT2D eigenvalue weighted by Gasteiger charge is 2.28. The molecule has 0 atom stereocenters. The molecule has 28 heavy (non-hydrogen) atoms. The molecule has 2 N–H and O–H groups in total. The topological polar surface area (TPSA) is 85.5 Å². The van der Waals surface area contributed by atoms with Gasteiger partial charge in [-0.1, -0.05) is 6.07 Å². The number of nitrogens with one attached hydrogen (secondary N) is 2. The van der Waals surface area contributed by atoms with E-state index in [0.717, 1.165) is 36.7 Å². The highest BCUT2D eigenvalue weighted by molar-refractivity contribution is 7.99. The number of aromatic amines is 1. The number of likely N-dealkylation sites (N-methyl/N-ethyl adjacent to an activating group) is 1. The molecule has 0 unspecified atom stereocenters. The molecule has 0 aliphatic carbocycles. The zero-order valence-corrected chi connectivity index (χ0v) is 17.4. The van der Waals surface area contributed by atoms with Gasteiger partial charge >= 0.3 is 0 Å². The molecular formula is C19H24N4O3S2. The summed E-state index contributed by atoms with van der Waals surface area (Å²) in [5.74, 6) is 1.24. The van der Waals surface area contributed by atoms with Gasteiger partial charge in [0.05, 0.1) is 0 Å². The van der Waals surface area contributed by atoms with Crippen molar-refractivity contribution in [1.29, 1.82) is 0 Å². The third kappa shape index (κ3) is 3.66.